The van der Waals surface area contributed by atoms with E-state index in [1.54, 1.807) is 12.0 Å². The van der Waals surface area contributed by atoms with Crippen LogP contribution < -0.4 is 4.74 Å². The Balaban J connectivity index is 1.57. The second-order valence-electron chi connectivity index (χ2n) is 10.8. The number of ether oxygens (including phenoxy) is 1. The molecule has 0 atom stereocenters. The number of aryl methyl sites for hydroxylation is 1. The highest BCUT2D eigenvalue weighted by Crippen LogP contribution is 2.18. The maximum atomic E-state index is 14.0. The summed E-state index contributed by atoms with van der Waals surface area (Å²) in [5.74, 6) is 0.846. The van der Waals surface area contributed by atoms with Gasteiger partial charge in [-0.2, -0.15) is 0 Å². The Morgan fingerprint density at radius 2 is 1.54 bits per heavy atom. The molecule has 0 saturated heterocycles. The highest BCUT2D eigenvalue weighted by molar-refractivity contribution is 5.96. The van der Waals surface area contributed by atoms with Gasteiger partial charge in [0.05, 0.1) is 13.7 Å². The maximum absolute atomic E-state index is 14.0. The molecule has 0 fully saturated rings. The third-order valence-electron chi connectivity index (χ3n) is 7.14. The third-order valence-corrected chi connectivity index (χ3v) is 7.14. The van der Waals surface area contributed by atoms with Gasteiger partial charge in [-0.3, -0.25) is 9.59 Å². The zero-order chi connectivity index (χ0) is 29.2. The Morgan fingerprint density at radius 1 is 0.805 bits per heavy atom. The highest BCUT2D eigenvalue weighted by Gasteiger charge is 2.24. The topological polar surface area (TPSA) is 54.8 Å². The Labute approximate surface area is 244 Å². The molecular weight excluding hydrogens is 510 g/mol. The number of benzene rings is 3. The van der Waals surface area contributed by atoms with Crippen molar-refractivity contribution in [1.82, 2.24) is 14.4 Å². The molecule has 0 saturated carbocycles. The second-order valence-corrected chi connectivity index (χ2v) is 10.8. The maximum Gasteiger partial charge on any atom is 0.254 e. The molecule has 2 amide bonds. The van der Waals surface area contributed by atoms with Gasteiger partial charge >= 0.3 is 0 Å². The largest absolute Gasteiger partial charge is 0.497 e. The molecule has 6 heteroatoms. The van der Waals surface area contributed by atoms with Crippen molar-refractivity contribution >= 4 is 11.8 Å². The lowest BCUT2D eigenvalue weighted by atomic mass is 10.1. The molecule has 1 heterocycles. The SMILES string of the molecule is CCc1ccc(C(=O)N(CC(=O)N(Cc2ccccc2)Cc2cccn2Cc2cccc(OC)c2)CC(C)C)cc1. The third kappa shape index (κ3) is 8.34. The molecular formula is C35H41N3O3. The number of aromatic nitrogens is 1. The smallest absolute Gasteiger partial charge is 0.254 e. The summed E-state index contributed by atoms with van der Waals surface area (Å²) in [5, 5.41) is 0. The van der Waals surface area contributed by atoms with Crippen molar-refractivity contribution in [1.29, 1.82) is 0 Å². The van der Waals surface area contributed by atoms with E-state index in [4.69, 9.17) is 4.74 Å². The number of carbonyl (C=O) groups is 2. The van der Waals surface area contributed by atoms with E-state index in [0.717, 1.165) is 29.0 Å². The van der Waals surface area contributed by atoms with Crippen LogP contribution in [0.1, 0.15) is 53.5 Å². The molecule has 0 unspecified atom stereocenters. The van der Waals surface area contributed by atoms with Gasteiger partial charge in [-0.1, -0.05) is 75.4 Å². The van der Waals surface area contributed by atoms with E-state index in [2.05, 4.69) is 37.5 Å². The molecule has 0 spiro atoms. The quantitative estimate of drug-likeness (QED) is 0.192. The predicted molar refractivity (Wildman–Crippen MR) is 164 cm³/mol. The Bertz CT molecular complexity index is 1410. The van der Waals surface area contributed by atoms with Gasteiger partial charge in [0.1, 0.15) is 12.3 Å². The first kappa shape index (κ1) is 29.7. The van der Waals surface area contributed by atoms with E-state index in [1.807, 2.05) is 90.0 Å². The zero-order valence-electron chi connectivity index (χ0n) is 24.6. The number of carbonyl (C=O) groups excluding carboxylic acids is 2. The van der Waals surface area contributed by atoms with Crippen molar-refractivity contribution < 1.29 is 14.3 Å². The summed E-state index contributed by atoms with van der Waals surface area (Å²) in [6.45, 7) is 8.31. The van der Waals surface area contributed by atoms with Crippen molar-refractivity contribution in [3.05, 3.63) is 125 Å². The second kappa shape index (κ2) is 14.4. The lowest BCUT2D eigenvalue weighted by molar-refractivity contribution is -0.133. The summed E-state index contributed by atoms with van der Waals surface area (Å²) in [6.07, 6.45) is 2.95. The number of amides is 2. The standard InChI is InChI=1S/C35H41N3O3/c1-5-28-16-18-31(19-17-28)35(40)38(22-27(2)3)26-34(39)37(23-29-11-7-6-8-12-29)25-32-14-10-20-36(32)24-30-13-9-15-33(21-30)41-4/h6-21,27H,5,22-26H2,1-4H3. The van der Waals surface area contributed by atoms with Crippen molar-refractivity contribution in [2.45, 2.75) is 46.8 Å². The normalized spacial score (nSPS) is 11.0. The summed E-state index contributed by atoms with van der Waals surface area (Å²) >= 11 is 0. The number of rotatable bonds is 13. The van der Waals surface area contributed by atoms with Gasteiger partial charge in [0, 0.05) is 37.1 Å². The Hall–Kier alpha value is -4.32. The lowest BCUT2D eigenvalue weighted by Crippen LogP contribution is -2.44. The van der Waals surface area contributed by atoms with E-state index in [-0.39, 0.29) is 24.3 Å². The van der Waals surface area contributed by atoms with Crippen LogP contribution in [0.4, 0.5) is 0 Å². The molecule has 214 valence electrons. The van der Waals surface area contributed by atoms with Gasteiger partial charge in [-0.15, -0.1) is 0 Å². The van der Waals surface area contributed by atoms with E-state index in [0.29, 0.717) is 31.7 Å². The van der Waals surface area contributed by atoms with Crippen LogP contribution in [-0.4, -0.2) is 46.4 Å². The molecule has 4 rings (SSSR count). The van der Waals surface area contributed by atoms with Crippen LogP contribution in [0.25, 0.3) is 0 Å². The summed E-state index contributed by atoms with van der Waals surface area (Å²) in [7, 11) is 1.67. The number of hydrogen-bond acceptors (Lipinski definition) is 3. The molecule has 41 heavy (non-hydrogen) atoms. The van der Waals surface area contributed by atoms with Crippen molar-refractivity contribution in [2.24, 2.45) is 5.92 Å². The van der Waals surface area contributed by atoms with Gasteiger partial charge in [-0.05, 0) is 65.4 Å². The molecule has 3 aromatic carbocycles. The van der Waals surface area contributed by atoms with Crippen LogP contribution in [0.2, 0.25) is 0 Å². The number of nitrogens with zero attached hydrogens (tertiary/aromatic N) is 3. The van der Waals surface area contributed by atoms with Crippen LogP contribution in [0, 0.1) is 5.92 Å². The predicted octanol–water partition coefficient (Wildman–Crippen LogP) is 6.43. The Kier molecular flexibility index (Phi) is 10.4. The molecule has 0 aliphatic rings. The molecule has 4 aromatic rings. The zero-order valence-corrected chi connectivity index (χ0v) is 24.6. The van der Waals surface area contributed by atoms with Crippen molar-refractivity contribution in [3.8, 4) is 5.75 Å². The first-order valence-electron chi connectivity index (χ1n) is 14.3. The molecule has 0 N–H and O–H groups in total. The summed E-state index contributed by atoms with van der Waals surface area (Å²) in [5.41, 5.74) is 4.97. The van der Waals surface area contributed by atoms with Gasteiger partial charge in [0.15, 0.2) is 0 Å². The Morgan fingerprint density at radius 3 is 2.22 bits per heavy atom. The van der Waals surface area contributed by atoms with E-state index in [1.165, 1.54) is 5.56 Å². The van der Waals surface area contributed by atoms with Crippen LogP contribution in [0.3, 0.4) is 0 Å². The fraction of sp³-hybridized carbons (Fsp3) is 0.314. The van der Waals surface area contributed by atoms with Gasteiger partial charge in [0.2, 0.25) is 5.91 Å². The first-order chi connectivity index (χ1) is 19.9. The highest BCUT2D eigenvalue weighted by atomic mass is 16.5. The van der Waals surface area contributed by atoms with Crippen LogP contribution in [-0.2, 0) is 30.8 Å². The van der Waals surface area contributed by atoms with Crippen LogP contribution in [0.5, 0.6) is 5.75 Å². The molecule has 6 nitrogen and oxygen atoms in total. The fourth-order valence-corrected chi connectivity index (χ4v) is 4.94. The molecule has 0 aliphatic heterocycles. The summed E-state index contributed by atoms with van der Waals surface area (Å²) in [4.78, 5) is 31.1. The summed E-state index contributed by atoms with van der Waals surface area (Å²) in [6, 6.07) is 29.8. The van der Waals surface area contributed by atoms with Crippen LogP contribution >= 0.6 is 0 Å². The van der Waals surface area contributed by atoms with Crippen LogP contribution in [0.15, 0.2) is 97.2 Å². The van der Waals surface area contributed by atoms with Crippen molar-refractivity contribution in [3.63, 3.8) is 0 Å². The minimum atomic E-state index is -0.115. The van der Waals surface area contributed by atoms with Crippen molar-refractivity contribution in [2.75, 3.05) is 20.2 Å². The molecule has 0 radical (unpaired) electrons. The lowest BCUT2D eigenvalue weighted by Gasteiger charge is -2.29. The monoisotopic (exact) mass is 551 g/mol. The molecule has 1 aromatic heterocycles. The average molecular weight is 552 g/mol. The number of hydrogen-bond donors (Lipinski definition) is 0. The van der Waals surface area contributed by atoms with E-state index in [9.17, 15) is 9.59 Å². The number of methoxy groups -OCH3 is 1. The molecule has 0 bridgehead atoms. The fourth-order valence-electron chi connectivity index (χ4n) is 4.94. The first-order valence-corrected chi connectivity index (χ1v) is 14.3. The van der Waals surface area contributed by atoms with Gasteiger partial charge in [0.25, 0.3) is 5.91 Å². The minimum Gasteiger partial charge on any atom is -0.497 e. The average Bonchev–Trinajstić information content (AvgIpc) is 3.42. The molecule has 0 aliphatic carbocycles. The van der Waals surface area contributed by atoms with Gasteiger partial charge in [-0.25, -0.2) is 0 Å². The summed E-state index contributed by atoms with van der Waals surface area (Å²) < 4.78 is 7.56. The van der Waals surface area contributed by atoms with E-state index >= 15 is 0 Å². The van der Waals surface area contributed by atoms with E-state index < -0.39 is 0 Å². The van der Waals surface area contributed by atoms with Gasteiger partial charge < -0.3 is 19.1 Å². The minimum absolute atomic E-state index is 0.0238.